The molecule has 3 heteroatoms. The van der Waals surface area contributed by atoms with E-state index in [1.165, 1.54) is 33.5 Å². The van der Waals surface area contributed by atoms with Crippen molar-refractivity contribution in [3.8, 4) is 5.75 Å². The van der Waals surface area contributed by atoms with Crippen molar-refractivity contribution < 1.29 is 4.74 Å². The Hall–Kier alpha value is -3.46. The maximum Gasteiger partial charge on any atom is 0.118 e. The van der Waals surface area contributed by atoms with E-state index in [1.807, 2.05) is 26.0 Å². The summed E-state index contributed by atoms with van der Waals surface area (Å²) in [6.45, 7) is 16.8. The second-order valence-electron chi connectivity index (χ2n) is 8.51. The monoisotopic (exact) mass is 454 g/mol. The molecule has 0 saturated carbocycles. The molecule has 0 spiro atoms. The number of rotatable bonds is 7. The molecule has 0 radical (unpaired) electrons. The topological polar surface area (TPSA) is 15.7 Å². The summed E-state index contributed by atoms with van der Waals surface area (Å²) in [4.78, 5) is 4.57. The van der Waals surface area contributed by atoms with E-state index in [1.54, 1.807) is 7.11 Å². The molecule has 0 amide bonds. The minimum Gasteiger partial charge on any atom is -0.497 e. The number of fused-ring (bicyclic) bond motifs is 1. The van der Waals surface area contributed by atoms with Crippen LogP contribution in [0.3, 0.4) is 0 Å². The summed E-state index contributed by atoms with van der Waals surface area (Å²) in [6.07, 6.45) is 2.20. The van der Waals surface area contributed by atoms with Gasteiger partial charge in [-0.1, -0.05) is 69.5 Å². The van der Waals surface area contributed by atoms with Crippen LogP contribution in [0.4, 0.5) is 5.69 Å². The van der Waals surface area contributed by atoms with Crippen LogP contribution in [0.2, 0.25) is 0 Å². The number of ether oxygens (including phenoxy) is 1. The van der Waals surface area contributed by atoms with Crippen molar-refractivity contribution in [1.29, 1.82) is 0 Å². The highest BCUT2D eigenvalue weighted by Gasteiger charge is 2.21. The average Bonchev–Trinajstić information content (AvgIpc) is 2.89. The van der Waals surface area contributed by atoms with Gasteiger partial charge in [0.05, 0.1) is 7.11 Å². The van der Waals surface area contributed by atoms with E-state index in [9.17, 15) is 0 Å². The minimum absolute atomic E-state index is 0.802. The number of nitrogens with zero attached hydrogens (tertiary/aromatic N) is 2. The zero-order valence-electron chi connectivity index (χ0n) is 21.4. The van der Waals surface area contributed by atoms with Gasteiger partial charge in [-0.2, -0.15) is 0 Å². The summed E-state index contributed by atoms with van der Waals surface area (Å²) >= 11 is 0. The van der Waals surface area contributed by atoms with Crippen LogP contribution in [0.5, 0.6) is 5.75 Å². The van der Waals surface area contributed by atoms with Crippen LogP contribution in [0.1, 0.15) is 48.1 Å². The molecule has 0 aromatic heterocycles. The second kappa shape index (κ2) is 11.6. The normalized spacial score (nSPS) is 12.2. The van der Waals surface area contributed by atoms with Gasteiger partial charge in [-0.05, 0) is 66.3 Å². The average molecular weight is 455 g/mol. The van der Waals surface area contributed by atoms with Gasteiger partial charge < -0.3 is 14.5 Å². The fraction of sp³-hybridized carbons (Fsp3) is 0.290. The van der Waals surface area contributed by atoms with Gasteiger partial charge >= 0.3 is 0 Å². The molecule has 178 valence electrons. The Bertz CT molecular complexity index is 1130. The molecule has 4 rings (SSSR count). The van der Waals surface area contributed by atoms with E-state index >= 15 is 0 Å². The maximum atomic E-state index is 5.26. The van der Waals surface area contributed by atoms with Crippen molar-refractivity contribution in [2.24, 2.45) is 0 Å². The third kappa shape index (κ3) is 5.53. The van der Waals surface area contributed by atoms with E-state index < -0.39 is 0 Å². The van der Waals surface area contributed by atoms with Crippen molar-refractivity contribution in [2.75, 3.05) is 25.6 Å². The second-order valence-corrected chi connectivity index (χ2v) is 8.51. The molecule has 0 unspecified atom stereocenters. The lowest BCUT2D eigenvalue weighted by Crippen LogP contribution is -2.28. The van der Waals surface area contributed by atoms with Gasteiger partial charge in [0.2, 0.25) is 0 Å². The zero-order chi connectivity index (χ0) is 24.7. The third-order valence-corrected chi connectivity index (χ3v) is 6.35. The summed E-state index contributed by atoms with van der Waals surface area (Å²) in [7, 11) is 3.79. The smallest absolute Gasteiger partial charge is 0.118 e. The highest BCUT2D eigenvalue weighted by atomic mass is 16.5. The van der Waals surface area contributed by atoms with Gasteiger partial charge in [0.1, 0.15) is 5.75 Å². The van der Waals surface area contributed by atoms with Crippen LogP contribution < -0.4 is 9.64 Å². The fourth-order valence-electron chi connectivity index (χ4n) is 4.42. The number of methoxy groups -OCH3 is 1. The van der Waals surface area contributed by atoms with E-state index in [0.717, 1.165) is 43.1 Å². The van der Waals surface area contributed by atoms with Crippen LogP contribution in [0.15, 0.2) is 79.9 Å². The largest absolute Gasteiger partial charge is 0.497 e. The molecular formula is C31H38N2O. The Morgan fingerprint density at radius 2 is 1.71 bits per heavy atom. The van der Waals surface area contributed by atoms with E-state index in [2.05, 4.69) is 91.5 Å². The number of hydrogen-bond acceptors (Lipinski definition) is 3. The van der Waals surface area contributed by atoms with E-state index in [0.29, 0.717) is 0 Å². The van der Waals surface area contributed by atoms with Gasteiger partial charge in [0, 0.05) is 42.8 Å². The summed E-state index contributed by atoms with van der Waals surface area (Å²) in [5.74, 6) is 0.877. The lowest BCUT2D eigenvalue weighted by molar-refractivity contribution is 0.414. The molecule has 1 aliphatic heterocycles. The van der Waals surface area contributed by atoms with Gasteiger partial charge in [-0.15, -0.1) is 0 Å². The molecular weight excluding hydrogens is 416 g/mol. The summed E-state index contributed by atoms with van der Waals surface area (Å²) in [5.41, 5.74) is 9.60. The lowest BCUT2D eigenvalue weighted by atomic mass is 9.96. The molecule has 3 aromatic carbocycles. The van der Waals surface area contributed by atoms with Crippen LogP contribution in [0, 0.1) is 6.92 Å². The van der Waals surface area contributed by atoms with Crippen LogP contribution in [-0.2, 0) is 13.0 Å². The van der Waals surface area contributed by atoms with E-state index in [4.69, 9.17) is 4.74 Å². The van der Waals surface area contributed by atoms with Crippen molar-refractivity contribution in [2.45, 2.75) is 40.2 Å². The third-order valence-electron chi connectivity index (χ3n) is 6.35. The Labute approximate surface area is 206 Å². The molecule has 0 bridgehead atoms. The SMILES string of the molecule is C=C(c1ccc2c(c1)CCCN2C(=C)c1ccccc1C)N(C)Cc1ccc(OC)cc1.CC. The molecule has 0 aliphatic carbocycles. The minimum atomic E-state index is 0.802. The van der Waals surface area contributed by atoms with Gasteiger partial charge in [-0.25, -0.2) is 0 Å². The maximum absolute atomic E-state index is 5.26. The fourth-order valence-corrected chi connectivity index (χ4v) is 4.42. The highest BCUT2D eigenvalue weighted by Crippen LogP contribution is 2.35. The molecule has 1 heterocycles. The van der Waals surface area contributed by atoms with Crippen molar-refractivity contribution in [3.63, 3.8) is 0 Å². The number of benzene rings is 3. The van der Waals surface area contributed by atoms with Crippen molar-refractivity contribution >= 4 is 17.1 Å². The molecule has 0 atom stereocenters. The Morgan fingerprint density at radius 3 is 2.38 bits per heavy atom. The van der Waals surface area contributed by atoms with Crippen LogP contribution in [0.25, 0.3) is 11.4 Å². The van der Waals surface area contributed by atoms with Gasteiger partial charge in [0.25, 0.3) is 0 Å². The molecule has 0 N–H and O–H groups in total. The summed E-state index contributed by atoms with van der Waals surface area (Å²) < 4.78 is 5.26. The predicted molar refractivity (Wildman–Crippen MR) is 147 cm³/mol. The molecule has 34 heavy (non-hydrogen) atoms. The Balaban J connectivity index is 0.00000158. The first-order valence-electron chi connectivity index (χ1n) is 12.2. The molecule has 3 aromatic rings. The van der Waals surface area contributed by atoms with Crippen LogP contribution >= 0.6 is 0 Å². The van der Waals surface area contributed by atoms with E-state index in [-0.39, 0.29) is 0 Å². The molecule has 1 aliphatic rings. The first-order valence-corrected chi connectivity index (χ1v) is 12.2. The van der Waals surface area contributed by atoms with Crippen LogP contribution in [-0.4, -0.2) is 25.6 Å². The standard InChI is InChI=1S/C29H32N2O.C2H6/c1-21-9-6-7-11-28(21)23(3)31-18-8-10-26-19-25(14-17-29(26)31)22(2)30(4)20-24-12-15-27(32-5)16-13-24;1-2/h6-7,9,11-17,19H,2-3,8,10,18,20H2,1,4-5H3;1-2H3. The summed E-state index contributed by atoms with van der Waals surface area (Å²) in [5, 5.41) is 0. The molecule has 3 nitrogen and oxygen atoms in total. The Morgan fingerprint density at radius 1 is 1.00 bits per heavy atom. The Kier molecular flexibility index (Phi) is 8.59. The van der Waals surface area contributed by atoms with Crippen molar-refractivity contribution in [1.82, 2.24) is 4.90 Å². The van der Waals surface area contributed by atoms with Gasteiger partial charge in [-0.3, -0.25) is 0 Å². The first-order chi connectivity index (χ1) is 16.5. The number of anilines is 1. The first kappa shape index (κ1) is 25.2. The molecule has 0 saturated heterocycles. The zero-order valence-corrected chi connectivity index (χ0v) is 21.4. The van der Waals surface area contributed by atoms with Gasteiger partial charge in [0.15, 0.2) is 0 Å². The highest BCUT2D eigenvalue weighted by molar-refractivity contribution is 5.82. The number of hydrogen-bond donors (Lipinski definition) is 0. The number of aryl methyl sites for hydroxylation is 2. The lowest BCUT2D eigenvalue weighted by Gasteiger charge is -2.34. The molecule has 0 fully saturated rings. The summed E-state index contributed by atoms with van der Waals surface area (Å²) in [6, 6.07) is 23.4. The van der Waals surface area contributed by atoms with Crippen molar-refractivity contribution in [3.05, 3.63) is 108 Å². The predicted octanol–water partition coefficient (Wildman–Crippen LogP) is 7.56. The quantitative estimate of drug-likeness (QED) is 0.366.